The minimum atomic E-state index is -3.46. The molecular formula is C23H24N4O3S. The first-order valence-electron chi connectivity index (χ1n) is 10.0. The molecule has 1 saturated heterocycles. The molecule has 3 aromatic rings. The van der Waals surface area contributed by atoms with Crippen LogP contribution in [0.15, 0.2) is 72.1 Å². The van der Waals surface area contributed by atoms with Crippen LogP contribution < -0.4 is 9.64 Å². The van der Waals surface area contributed by atoms with Gasteiger partial charge in [0.15, 0.2) is 5.82 Å². The number of hydrogen-bond acceptors (Lipinski definition) is 6. The van der Waals surface area contributed by atoms with E-state index >= 15 is 0 Å². The van der Waals surface area contributed by atoms with Crippen molar-refractivity contribution in [1.29, 1.82) is 0 Å². The number of anilines is 1. The maximum absolute atomic E-state index is 12.6. The zero-order valence-electron chi connectivity index (χ0n) is 17.3. The highest BCUT2D eigenvalue weighted by Gasteiger charge is 2.25. The van der Waals surface area contributed by atoms with Gasteiger partial charge < -0.3 is 9.64 Å². The molecule has 1 aliphatic heterocycles. The summed E-state index contributed by atoms with van der Waals surface area (Å²) in [5, 5.41) is 9.96. The van der Waals surface area contributed by atoms with Gasteiger partial charge in [-0.15, -0.1) is 10.2 Å². The first-order chi connectivity index (χ1) is 15.0. The Morgan fingerprint density at radius 3 is 2.19 bits per heavy atom. The highest BCUT2D eigenvalue weighted by molar-refractivity contribution is 7.92. The molecule has 160 valence electrons. The molecule has 2 aromatic carbocycles. The number of rotatable bonds is 6. The zero-order chi connectivity index (χ0) is 21.7. The van der Waals surface area contributed by atoms with E-state index in [4.69, 9.17) is 4.74 Å². The molecule has 1 fully saturated rings. The van der Waals surface area contributed by atoms with Crippen molar-refractivity contribution in [3.8, 4) is 17.0 Å². The van der Waals surface area contributed by atoms with Gasteiger partial charge in [-0.05, 0) is 48.0 Å². The Hall–Kier alpha value is -3.23. The summed E-state index contributed by atoms with van der Waals surface area (Å²) in [6.45, 7) is 1.94. The van der Waals surface area contributed by atoms with Crippen molar-refractivity contribution >= 4 is 21.9 Å². The van der Waals surface area contributed by atoms with Gasteiger partial charge in [0.1, 0.15) is 5.75 Å². The summed E-state index contributed by atoms with van der Waals surface area (Å²) in [6, 6.07) is 20.9. The number of hydrogen-bond donors (Lipinski definition) is 0. The van der Waals surface area contributed by atoms with Gasteiger partial charge in [-0.25, -0.2) is 8.42 Å². The fraction of sp³-hybridized carbons (Fsp3) is 0.217. The lowest BCUT2D eigenvalue weighted by Crippen LogP contribution is -2.48. The highest BCUT2D eigenvalue weighted by Crippen LogP contribution is 2.22. The van der Waals surface area contributed by atoms with Gasteiger partial charge in [-0.2, -0.15) is 4.31 Å². The van der Waals surface area contributed by atoms with Gasteiger partial charge in [0.25, 0.3) is 0 Å². The molecule has 0 amide bonds. The molecule has 0 bridgehead atoms. The molecule has 0 N–H and O–H groups in total. The van der Waals surface area contributed by atoms with E-state index in [-0.39, 0.29) is 0 Å². The van der Waals surface area contributed by atoms with E-state index in [2.05, 4.69) is 15.1 Å². The minimum absolute atomic E-state index is 0.406. The van der Waals surface area contributed by atoms with Crippen LogP contribution >= 0.6 is 0 Å². The Bertz CT molecular complexity index is 1120. The molecule has 0 unspecified atom stereocenters. The van der Waals surface area contributed by atoms with Crippen molar-refractivity contribution in [2.45, 2.75) is 0 Å². The van der Waals surface area contributed by atoms with Crippen LogP contribution in [0.2, 0.25) is 0 Å². The second-order valence-electron chi connectivity index (χ2n) is 7.15. The average molecular weight is 437 g/mol. The molecule has 0 aliphatic carbocycles. The molecule has 0 spiro atoms. The molecule has 2 heterocycles. The number of benzene rings is 2. The Kier molecular flexibility index (Phi) is 6.29. The highest BCUT2D eigenvalue weighted by atomic mass is 32.2. The molecule has 0 saturated carbocycles. The molecule has 7 nitrogen and oxygen atoms in total. The van der Waals surface area contributed by atoms with E-state index in [9.17, 15) is 8.42 Å². The van der Waals surface area contributed by atoms with Crippen molar-refractivity contribution in [2.75, 3.05) is 38.2 Å². The van der Waals surface area contributed by atoms with E-state index in [1.807, 2.05) is 66.7 Å². The lowest BCUT2D eigenvalue weighted by Gasteiger charge is -2.33. The van der Waals surface area contributed by atoms with Crippen LogP contribution in [0.3, 0.4) is 0 Å². The monoisotopic (exact) mass is 436 g/mol. The van der Waals surface area contributed by atoms with Gasteiger partial charge in [0, 0.05) is 37.2 Å². The lowest BCUT2D eigenvalue weighted by molar-refractivity contribution is 0.388. The summed E-state index contributed by atoms with van der Waals surface area (Å²) in [7, 11) is -1.82. The van der Waals surface area contributed by atoms with Crippen molar-refractivity contribution in [1.82, 2.24) is 14.5 Å². The fourth-order valence-corrected chi connectivity index (χ4v) is 4.57. The molecule has 1 aliphatic rings. The quantitative estimate of drug-likeness (QED) is 0.590. The van der Waals surface area contributed by atoms with Crippen LogP contribution in [0.25, 0.3) is 17.3 Å². The van der Waals surface area contributed by atoms with Crippen molar-refractivity contribution in [3.05, 3.63) is 77.7 Å². The van der Waals surface area contributed by atoms with Crippen LogP contribution in [0.1, 0.15) is 5.56 Å². The Morgan fingerprint density at radius 1 is 0.871 bits per heavy atom. The van der Waals surface area contributed by atoms with E-state index in [1.165, 1.54) is 9.71 Å². The third kappa shape index (κ3) is 5.10. The smallest absolute Gasteiger partial charge is 0.236 e. The third-order valence-corrected chi connectivity index (χ3v) is 6.76. The van der Waals surface area contributed by atoms with E-state index in [0.717, 1.165) is 28.4 Å². The van der Waals surface area contributed by atoms with Gasteiger partial charge in [-0.3, -0.25) is 0 Å². The number of sulfonamides is 1. The number of methoxy groups -OCH3 is 1. The first-order valence-corrected chi connectivity index (χ1v) is 11.5. The van der Waals surface area contributed by atoms with Gasteiger partial charge in [-0.1, -0.05) is 30.3 Å². The fourth-order valence-electron chi connectivity index (χ4n) is 3.40. The SMILES string of the molecule is COc1ccc(-c2ccc(N3CCN(S(=O)(=O)/C=C/c4ccccc4)CC3)nn2)cc1. The van der Waals surface area contributed by atoms with Gasteiger partial charge >= 0.3 is 0 Å². The molecule has 31 heavy (non-hydrogen) atoms. The van der Waals surface area contributed by atoms with Crippen LogP contribution in [0.4, 0.5) is 5.82 Å². The average Bonchev–Trinajstić information content (AvgIpc) is 2.84. The third-order valence-electron chi connectivity index (χ3n) is 5.19. The zero-order valence-corrected chi connectivity index (χ0v) is 18.1. The Balaban J connectivity index is 1.37. The van der Waals surface area contributed by atoms with Crippen LogP contribution in [0, 0.1) is 0 Å². The van der Waals surface area contributed by atoms with Crippen LogP contribution in [0.5, 0.6) is 5.75 Å². The largest absolute Gasteiger partial charge is 0.497 e. The number of aromatic nitrogens is 2. The van der Waals surface area contributed by atoms with Crippen molar-refractivity contribution < 1.29 is 13.2 Å². The van der Waals surface area contributed by atoms with E-state index in [1.54, 1.807) is 13.2 Å². The second-order valence-corrected chi connectivity index (χ2v) is 8.97. The maximum atomic E-state index is 12.6. The van der Waals surface area contributed by atoms with Crippen LogP contribution in [-0.2, 0) is 10.0 Å². The number of ether oxygens (including phenoxy) is 1. The van der Waals surface area contributed by atoms with Crippen molar-refractivity contribution in [2.24, 2.45) is 0 Å². The maximum Gasteiger partial charge on any atom is 0.236 e. The molecule has 0 atom stereocenters. The van der Waals surface area contributed by atoms with Gasteiger partial charge in [0.2, 0.25) is 10.0 Å². The Morgan fingerprint density at radius 2 is 1.58 bits per heavy atom. The predicted octanol–water partition coefficient (Wildman–Crippen LogP) is 3.27. The number of piperazine rings is 1. The second kappa shape index (κ2) is 9.28. The first kappa shape index (κ1) is 21.0. The minimum Gasteiger partial charge on any atom is -0.497 e. The summed E-state index contributed by atoms with van der Waals surface area (Å²) in [6.07, 6.45) is 1.63. The molecular weight excluding hydrogens is 412 g/mol. The lowest BCUT2D eigenvalue weighted by atomic mass is 10.1. The summed E-state index contributed by atoms with van der Waals surface area (Å²) < 4.78 is 31.9. The van der Waals surface area contributed by atoms with Gasteiger partial charge in [0.05, 0.1) is 12.8 Å². The topological polar surface area (TPSA) is 75.6 Å². The Labute approximate surface area is 182 Å². The predicted molar refractivity (Wildman–Crippen MR) is 122 cm³/mol. The normalized spacial score (nSPS) is 15.3. The standard InChI is InChI=1S/C23H24N4O3S/c1-30-21-9-7-20(8-10-21)22-11-12-23(25-24-22)26-14-16-27(17-15-26)31(28,29)18-13-19-5-3-2-4-6-19/h2-13,18H,14-17H2,1H3/b18-13+. The number of nitrogens with zero attached hydrogens (tertiary/aromatic N) is 4. The molecule has 1 aromatic heterocycles. The molecule has 4 rings (SSSR count). The molecule has 8 heteroatoms. The van der Waals surface area contributed by atoms with Crippen LogP contribution in [-0.4, -0.2) is 56.2 Å². The summed E-state index contributed by atoms with van der Waals surface area (Å²) in [4.78, 5) is 2.05. The molecule has 0 radical (unpaired) electrons. The van der Waals surface area contributed by atoms with Crippen molar-refractivity contribution in [3.63, 3.8) is 0 Å². The summed E-state index contributed by atoms with van der Waals surface area (Å²) >= 11 is 0. The van der Waals surface area contributed by atoms with E-state index in [0.29, 0.717) is 26.2 Å². The van der Waals surface area contributed by atoms with E-state index < -0.39 is 10.0 Å². The summed E-state index contributed by atoms with van der Waals surface area (Å²) in [5.41, 5.74) is 2.59. The summed E-state index contributed by atoms with van der Waals surface area (Å²) in [5.74, 6) is 1.54.